The zero-order chi connectivity index (χ0) is 19.2. The first-order valence-electron chi connectivity index (χ1n) is 9.85. The van der Waals surface area contributed by atoms with Gasteiger partial charge in [0.15, 0.2) is 0 Å². The summed E-state index contributed by atoms with van der Waals surface area (Å²) in [7, 11) is 0. The van der Waals surface area contributed by atoms with Crippen molar-refractivity contribution in [2.75, 3.05) is 19.6 Å². The first-order chi connectivity index (χ1) is 13.0. The van der Waals surface area contributed by atoms with Crippen LogP contribution in [0.25, 0.3) is 0 Å². The number of primary amides is 1. The zero-order valence-corrected chi connectivity index (χ0v) is 15.6. The van der Waals surface area contributed by atoms with E-state index in [1.807, 2.05) is 0 Å². The number of halogens is 1. The second-order valence-electron chi connectivity index (χ2n) is 7.73. The van der Waals surface area contributed by atoms with Crippen LogP contribution >= 0.6 is 0 Å². The summed E-state index contributed by atoms with van der Waals surface area (Å²) in [6.07, 6.45) is 7.21. The van der Waals surface area contributed by atoms with Gasteiger partial charge in [0.1, 0.15) is 11.9 Å². The van der Waals surface area contributed by atoms with Crippen LogP contribution in [-0.4, -0.2) is 42.5 Å². The molecule has 0 spiro atoms. The number of nitrogens with zero attached hydrogens (tertiary/aromatic N) is 1. The molecular formula is C20H29FN4O2. The lowest BCUT2D eigenvalue weighted by Crippen LogP contribution is -2.50. The lowest BCUT2D eigenvalue weighted by Gasteiger charge is -2.34. The van der Waals surface area contributed by atoms with Crippen molar-refractivity contribution in [1.82, 2.24) is 15.5 Å². The van der Waals surface area contributed by atoms with Crippen molar-refractivity contribution in [3.8, 4) is 0 Å². The van der Waals surface area contributed by atoms with Crippen LogP contribution in [-0.2, 0) is 4.79 Å². The molecule has 1 heterocycles. The SMILES string of the molecule is NC(=O)C(NC(=O)NC1CCN(CC2CCCC2)CC1)c1ccc(F)cc1. The number of nitrogens with one attached hydrogen (secondary N) is 2. The van der Waals surface area contributed by atoms with Crippen molar-refractivity contribution in [1.29, 1.82) is 0 Å². The van der Waals surface area contributed by atoms with Gasteiger partial charge < -0.3 is 21.3 Å². The van der Waals surface area contributed by atoms with Gasteiger partial charge in [0.25, 0.3) is 0 Å². The summed E-state index contributed by atoms with van der Waals surface area (Å²) in [4.78, 5) is 26.5. The average Bonchev–Trinajstić information content (AvgIpc) is 3.15. The molecule has 0 bridgehead atoms. The summed E-state index contributed by atoms with van der Waals surface area (Å²) >= 11 is 0. The summed E-state index contributed by atoms with van der Waals surface area (Å²) < 4.78 is 13.1. The van der Waals surface area contributed by atoms with Crippen LogP contribution in [0, 0.1) is 11.7 Å². The van der Waals surface area contributed by atoms with Crippen LogP contribution in [0.15, 0.2) is 24.3 Å². The number of likely N-dealkylation sites (tertiary alicyclic amines) is 1. The summed E-state index contributed by atoms with van der Waals surface area (Å²) in [6.45, 7) is 3.14. The van der Waals surface area contributed by atoms with Crippen molar-refractivity contribution in [2.24, 2.45) is 11.7 Å². The van der Waals surface area contributed by atoms with Gasteiger partial charge in [-0.1, -0.05) is 25.0 Å². The van der Waals surface area contributed by atoms with Crippen molar-refractivity contribution in [3.05, 3.63) is 35.6 Å². The van der Waals surface area contributed by atoms with E-state index in [1.165, 1.54) is 56.5 Å². The summed E-state index contributed by atoms with van der Waals surface area (Å²) in [5.74, 6) is -0.247. The van der Waals surface area contributed by atoms with Crippen LogP contribution in [0.3, 0.4) is 0 Å². The van der Waals surface area contributed by atoms with E-state index in [9.17, 15) is 14.0 Å². The molecule has 0 aromatic heterocycles. The first kappa shape index (κ1) is 19.6. The second kappa shape index (κ2) is 9.17. The largest absolute Gasteiger partial charge is 0.368 e. The van der Waals surface area contributed by atoms with Crippen molar-refractivity contribution < 1.29 is 14.0 Å². The highest BCUT2D eigenvalue weighted by atomic mass is 19.1. The number of piperidine rings is 1. The topological polar surface area (TPSA) is 87.5 Å². The van der Waals surface area contributed by atoms with Crippen LogP contribution < -0.4 is 16.4 Å². The van der Waals surface area contributed by atoms with Gasteiger partial charge in [0, 0.05) is 25.7 Å². The van der Waals surface area contributed by atoms with E-state index in [-0.39, 0.29) is 6.04 Å². The number of carbonyl (C=O) groups excluding carboxylic acids is 2. The molecule has 1 unspecified atom stereocenters. The monoisotopic (exact) mass is 376 g/mol. The number of amides is 3. The molecule has 27 heavy (non-hydrogen) atoms. The molecule has 1 aliphatic carbocycles. The molecule has 1 saturated carbocycles. The van der Waals surface area contributed by atoms with E-state index in [1.54, 1.807) is 0 Å². The molecule has 1 aromatic rings. The number of carbonyl (C=O) groups is 2. The maximum atomic E-state index is 13.1. The fourth-order valence-electron chi connectivity index (χ4n) is 4.15. The van der Waals surface area contributed by atoms with E-state index in [4.69, 9.17) is 5.73 Å². The van der Waals surface area contributed by atoms with Crippen molar-refractivity contribution >= 4 is 11.9 Å². The molecule has 1 aromatic carbocycles. The van der Waals surface area contributed by atoms with Crippen LogP contribution in [0.2, 0.25) is 0 Å². The number of hydrogen-bond donors (Lipinski definition) is 3. The summed E-state index contributed by atoms with van der Waals surface area (Å²) in [5, 5.41) is 5.55. The Hall–Kier alpha value is -2.15. The van der Waals surface area contributed by atoms with E-state index in [0.717, 1.165) is 31.8 Å². The first-order valence-corrected chi connectivity index (χ1v) is 9.85. The standard InChI is InChI=1S/C20H29FN4O2/c21-16-7-5-15(6-8-16)18(19(22)26)24-20(27)23-17-9-11-25(12-10-17)13-14-3-1-2-4-14/h5-8,14,17-18H,1-4,9-13H2,(H2,22,26)(H2,23,24,27). The third kappa shape index (κ3) is 5.66. The predicted octanol–water partition coefficient (Wildman–Crippen LogP) is 2.31. The van der Waals surface area contributed by atoms with E-state index in [0.29, 0.717) is 5.56 Å². The third-order valence-corrected chi connectivity index (χ3v) is 5.68. The third-order valence-electron chi connectivity index (χ3n) is 5.68. The Morgan fingerprint density at radius 2 is 1.74 bits per heavy atom. The molecule has 3 amide bonds. The smallest absolute Gasteiger partial charge is 0.315 e. The molecule has 2 aliphatic rings. The van der Waals surface area contributed by atoms with Gasteiger partial charge in [-0.2, -0.15) is 0 Å². The number of nitrogens with two attached hydrogens (primary N) is 1. The van der Waals surface area contributed by atoms with Gasteiger partial charge in [0.05, 0.1) is 0 Å². The van der Waals surface area contributed by atoms with E-state index >= 15 is 0 Å². The quantitative estimate of drug-likeness (QED) is 0.712. The lowest BCUT2D eigenvalue weighted by atomic mass is 10.0. The van der Waals surface area contributed by atoms with E-state index in [2.05, 4.69) is 15.5 Å². The Morgan fingerprint density at radius 3 is 2.33 bits per heavy atom. The molecule has 1 aliphatic heterocycles. The molecule has 1 atom stereocenters. The van der Waals surface area contributed by atoms with Gasteiger partial charge in [-0.15, -0.1) is 0 Å². The summed E-state index contributed by atoms with van der Waals surface area (Å²) in [5.41, 5.74) is 5.87. The Morgan fingerprint density at radius 1 is 1.11 bits per heavy atom. The normalized spacial score (nSPS) is 20.3. The maximum Gasteiger partial charge on any atom is 0.315 e. The van der Waals surface area contributed by atoms with E-state index < -0.39 is 23.8 Å². The Labute approximate surface area is 159 Å². The maximum absolute atomic E-state index is 13.1. The minimum atomic E-state index is -0.979. The molecule has 2 fully saturated rings. The summed E-state index contributed by atoms with van der Waals surface area (Å²) in [6, 6.07) is 4.08. The Kier molecular flexibility index (Phi) is 6.66. The number of rotatable bonds is 6. The second-order valence-corrected chi connectivity index (χ2v) is 7.73. The van der Waals surface area contributed by atoms with Gasteiger partial charge >= 0.3 is 6.03 Å². The van der Waals surface area contributed by atoms with Gasteiger partial charge in [-0.25, -0.2) is 9.18 Å². The highest BCUT2D eigenvalue weighted by molar-refractivity contribution is 5.87. The van der Waals surface area contributed by atoms with Crippen LogP contribution in [0.1, 0.15) is 50.1 Å². The number of urea groups is 1. The number of hydrogen-bond acceptors (Lipinski definition) is 3. The van der Waals surface area contributed by atoms with Crippen molar-refractivity contribution in [2.45, 2.75) is 50.6 Å². The van der Waals surface area contributed by atoms with Crippen LogP contribution in [0.5, 0.6) is 0 Å². The molecule has 7 heteroatoms. The minimum absolute atomic E-state index is 0.0894. The highest BCUT2D eigenvalue weighted by Crippen LogP contribution is 2.26. The highest BCUT2D eigenvalue weighted by Gasteiger charge is 2.26. The minimum Gasteiger partial charge on any atom is -0.368 e. The van der Waals surface area contributed by atoms with Crippen LogP contribution in [0.4, 0.5) is 9.18 Å². The average molecular weight is 376 g/mol. The molecule has 1 saturated heterocycles. The van der Waals surface area contributed by atoms with Gasteiger partial charge in [0.2, 0.25) is 5.91 Å². The molecule has 4 N–H and O–H groups in total. The zero-order valence-electron chi connectivity index (χ0n) is 15.6. The fraction of sp³-hybridized carbons (Fsp3) is 0.600. The Bertz CT molecular complexity index is 638. The fourth-order valence-corrected chi connectivity index (χ4v) is 4.15. The molecular weight excluding hydrogens is 347 g/mol. The van der Waals surface area contributed by atoms with Crippen molar-refractivity contribution in [3.63, 3.8) is 0 Å². The van der Waals surface area contributed by atoms with Gasteiger partial charge in [-0.3, -0.25) is 4.79 Å². The Balaban J connectivity index is 1.45. The molecule has 6 nitrogen and oxygen atoms in total. The predicted molar refractivity (Wildman–Crippen MR) is 101 cm³/mol. The van der Waals surface area contributed by atoms with Gasteiger partial charge in [-0.05, 0) is 49.3 Å². The lowest BCUT2D eigenvalue weighted by molar-refractivity contribution is -0.119. The molecule has 3 rings (SSSR count). The molecule has 148 valence electrons. The number of benzene rings is 1. The molecule has 0 radical (unpaired) electrons.